The molecule has 3 aromatic rings. The van der Waals surface area contributed by atoms with E-state index in [1.807, 2.05) is 24.3 Å². The summed E-state index contributed by atoms with van der Waals surface area (Å²) in [5.41, 5.74) is 2.09. The number of hydrogen-bond donors (Lipinski definition) is 2. The predicted octanol–water partition coefficient (Wildman–Crippen LogP) is 5.25. The Morgan fingerprint density at radius 1 is 1.00 bits per heavy atom. The van der Waals surface area contributed by atoms with Gasteiger partial charge in [-0.2, -0.15) is 0 Å². The number of pyridine rings is 1. The number of rotatable bonds is 5. The molecule has 1 aromatic heterocycles. The number of nitrogens with zero attached hydrogens (tertiary/aromatic N) is 1. The molecular weight excluding hydrogens is 357 g/mol. The molecular formula is C19H15Cl2N3O. The monoisotopic (exact) mass is 371 g/mol. The number of carbonyl (C=O) groups is 1. The molecule has 1 amide bonds. The van der Waals surface area contributed by atoms with Crippen molar-refractivity contribution in [1.82, 2.24) is 4.98 Å². The molecule has 0 aliphatic carbocycles. The highest BCUT2D eigenvalue weighted by molar-refractivity contribution is 6.31. The SMILES string of the molecule is O=C(Nc1ccc(NCc2ccccc2Cl)nc1)c1cccc(Cl)c1. The maximum Gasteiger partial charge on any atom is 0.255 e. The van der Waals surface area contributed by atoms with E-state index in [2.05, 4.69) is 15.6 Å². The lowest BCUT2D eigenvalue weighted by atomic mass is 10.2. The van der Waals surface area contributed by atoms with Gasteiger partial charge in [0.25, 0.3) is 5.91 Å². The van der Waals surface area contributed by atoms with E-state index in [1.165, 1.54) is 0 Å². The van der Waals surface area contributed by atoms with Crippen LogP contribution in [0.5, 0.6) is 0 Å². The average Bonchev–Trinajstić information content (AvgIpc) is 2.62. The zero-order valence-electron chi connectivity index (χ0n) is 13.2. The van der Waals surface area contributed by atoms with E-state index in [9.17, 15) is 4.79 Å². The van der Waals surface area contributed by atoms with Crippen LogP contribution in [0.25, 0.3) is 0 Å². The molecule has 0 fully saturated rings. The van der Waals surface area contributed by atoms with Crippen molar-refractivity contribution in [2.45, 2.75) is 6.54 Å². The molecule has 25 heavy (non-hydrogen) atoms. The molecule has 0 bridgehead atoms. The molecule has 0 unspecified atom stereocenters. The Bertz CT molecular complexity index is 882. The van der Waals surface area contributed by atoms with Gasteiger partial charge in [0.1, 0.15) is 5.82 Å². The summed E-state index contributed by atoms with van der Waals surface area (Å²) in [7, 11) is 0. The van der Waals surface area contributed by atoms with Crippen molar-refractivity contribution in [3.63, 3.8) is 0 Å². The standard InChI is InChI=1S/C19H15Cl2N3O/c20-15-6-3-5-13(10-15)19(25)24-16-8-9-18(23-12-16)22-11-14-4-1-2-7-17(14)21/h1-10,12H,11H2,(H,22,23)(H,24,25). The quantitative estimate of drug-likeness (QED) is 0.643. The molecule has 2 N–H and O–H groups in total. The summed E-state index contributed by atoms with van der Waals surface area (Å²) < 4.78 is 0. The van der Waals surface area contributed by atoms with Gasteiger partial charge in [0.2, 0.25) is 0 Å². The summed E-state index contributed by atoms with van der Waals surface area (Å²) in [6.07, 6.45) is 1.59. The van der Waals surface area contributed by atoms with E-state index >= 15 is 0 Å². The molecule has 0 spiro atoms. The molecule has 0 saturated carbocycles. The van der Waals surface area contributed by atoms with E-state index in [1.54, 1.807) is 42.6 Å². The van der Waals surface area contributed by atoms with Crippen molar-refractivity contribution >= 4 is 40.6 Å². The number of anilines is 2. The molecule has 6 heteroatoms. The average molecular weight is 372 g/mol. The summed E-state index contributed by atoms with van der Waals surface area (Å²) in [5.74, 6) is 0.460. The van der Waals surface area contributed by atoms with Crippen LogP contribution in [-0.4, -0.2) is 10.9 Å². The van der Waals surface area contributed by atoms with Crippen LogP contribution in [0.4, 0.5) is 11.5 Å². The zero-order valence-corrected chi connectivity index (χ0v) is 14.7. The third-order valence-corrected chi connectivity index (χ3v) is 4.13. The Morgan fingerprint density at radius 3 is 2.56 bits per heavy atom. The number of benzene rings is 2. The van der Waals surface area contributed by atoms with E-state index < -0.39 is 0 Å². The highest BCUT2D eigenvalue weighted by Crippen LogP contribution is 2.17. The van der Waals surface area contributed by atoms with Gasteiger partial charge in [-0.3, -0.25) is 4.79 Å². The topological polar surface area (TPSA) is 54.0 Å². The Labute approximate surface area is 155 Å². The fourth-order valence-corrected chi connectivity index (χ4v) is 2.63. The minimum Gasteiger partial charge on any atom is -0.366 e. The first-order valence-electron chi connectivity index (χ1n) is 7.62. The molecule has 126 valence electrons. The van der Waals surface area contributed by atoms with Crippen molar-refractivity contribution in [2.75, 3.05) is 10.6 Å². The molecule has 0 saturated heterocycles. The van der Waals surface area contributed by atoms with Crippen LogP contribution in [0.2, 0.25) is 10.0 Å². The Hall–Kier alpha value is -2.56. The molecule has 2 aromatic carbocycles. The van der Waals surface area contributed by atoms with Crippen LogP contribution < -0.4 is 10.6 Å². The second-order valence-corrected chi connectivity index (χ2v) is 6.19. The first-order valence-corrected chi connectivity index (χ1v) is 8.38. The van der Waals surface area contributed by atoms with Gasteiger partial charge in [0, 0.05) is 22.2 Å². The second kappa shape index (κ2) is 8.01. The Kier molecular flexibility index (Phi) is 5.53. The van der Waals surface area contributed by atoms with Gasteiger partial charge in [-0.25, -0.2) is 4.98 Å². The van der Waals surface area contributed by atoms with Crippen LogP contribution in [0.15, 0.2) is 66.9 Å². The largest absolute Gasteiger partial charge is 0.366 e. The summed E-state index contributed by atoms with van der Waals surface area (Å²) in [5, 5.41) is 7.21. The second-order valence-electron chi connectivity index (χ2n) is 5.34. The van der Waals surface area contributed by atoms with Crippen molar-refractivity contribution in [2.24, 2.45) is 0 Å². The molecule has 0 aliphatic heterocycles. The lowest BCUT2D eigenvalue weighted by Gasteiger charge is -2.09. The number of nitrogens with one attached hydrogen (secondary N) is 2. The Morgan fingerprint density at radius 2 is 1.84 bits per heavy atom. The third kappa shape index (κ3) is 4.72. The van der Waals surface area contributed by atoms with Crippen molar-refractivity contribution < 1.29 is 4.79 Å². The van der Waals surface area contributed by atoms with E-state index in [0.29, 0.717) is 33.7 Å². The smallest absolute Gasteiger partial charge is 0.255 e. The van der Waals surface area contributed by atoms with Gasteiger partial charge in [-0.05, 0) is 42.0 Å². The zero-order chi connectivity index (χ0) is 17.6. The van der Waals surface area contributed by atoms with Crippen LogP contribution in [0.1, 0.15) is 15.9 Å². The highest BCUT2D eigenvalue weighted by Gasteiger charge is 2.07. The predicted molar refractivity (Wildman–Crippen MR) is 102 cm³/mol. The fourth-order valence-electron chi connectivity index (χ4n) is 2.23. The van der Waals surface area contributed by atoms with E-state index in [4.69, 9.17) is 23.2 Å². The normalized spacial score (nSPS) is 10.3. The Balaban J connectivity index is 1.60. The maximum atomic E-state index is 12.2. The fraction of sp³-hybridized carbons (Fsp3) is 0.0526. The minimum atomic E-state index is -0.235. The lowest BCUT2D eigenvalue weighted by molar-refractivity contribution is 0.102. The minimum absolute atomic E-state index is 0.235. The van der Waals surface area contributed by atoms with Crippen molar-refractivity contribution in [3.05, 3.63) is 88.0 Å². The summed E-state index contributed by atoms with van der Waals surface area (Å²) in [4.78, 5) is 16.5. The summed E-state index contributed by atoms with van der Waals surface area (Å²) in [6.45, 7) is 0.570. The van der Waals surface area contributed by atoms with E-state index in [0.717, 1.165) is 5.56 Å². The molecule has 0 aliphatic rings. The van der Waals surface area contributed by atoms with Gasteiger partial charge in [-0.1, -0.05) is 47.5 Å². The molecule has 0 radical (unpaired) electrons. The summed E-state index contributed by atoms with van der Waals surface area (Å²) >= 11 is 12.0. The number of aromatic nitrogens is 1. The van der Waals surface area contributed by atoms with Gasteiger partial charge in [-0.15, -0.1) is 0 Å². The first kappa shape index (κ1) is 17.3. The third-order valence-electron chi connectivity index (χ3n) is 3.53. The highest BCUT2D eigenvalue weighted by atomic mass is 35.5. The number of hydrogen-bond acceptors (Lipinski definition) is 3. The van der Waals surface area contributed by atoms with Crippen LogP contribution >= 0.6 is 23.2 Å². The van der Waals surface area contributed by atoms with Gasteiger partial charge in [0.05, 0.1) is 11.9 Å². The van der Waals surface area contributed by atoms with Crippen molar-refractivity contribution in [1.29, 1.82) is 0 Å². The van der Waals surface area contributed by atoms with E-state index in [-0.39, 0.29) is 5.91 Å². The van der Waals surface area contributed by atoms with Crippen LogP contribution in [-0.2, 0) is 6.54 Å². The van der Waals surface area contributed by atoms with Crippen LogP contribution in [0.3, 0.4) is 0 Å². The molecule has 1 heterocycles. The molecule has 3 rings (SSSR count). The maximum absolute atomic E-state index is 12.2. The van der Waals surface area contributed by atoms with Gasteiger partial charge in [0.15, 0.2) is 0 Å². The number of halogens is 2. The molecule has 4 nitrogen and oxygen atoms in total. The van der Waals surface area contributed by atoms with Gasteiger partial charge >= 0.3 is 0 Å². The number of amides is 1. The van der Waals surface area contributed by atoms with Gasteiger partial charge < -0.3 is 10.6 Å². The molecule has 0 atom stereocenters. The number of carbonyl (C=O) groups excluding carboxylic acids is 1. The van der Waals surface area contributed by atoms with Crippen molar-refractivity contribution in [3.8, 4) is 0 Å². The summed E-state index contributed by atoms with van der Waals surface area (Å²) in [6, 6.07) is 18.0. The van der Waals surface area contributed by atoms with Crippen LogP contribution in [0, 0.1) is 0 Å². The first-order chi connectivity index (χ1) is 12.1. The lowest BCUT2D eigenvalue weighted by Crippen LogP contribution is -2.12.